The van der Waals surface area contributed by atoms with Gasteiger partial charge in [-0.15, -0.1) is 0 Å². The predicted octanol–water partition coefficient (Wildman–Crippen LogP) is 4.06. The molecule has 0 aromatic heterocycles. The molecule has 0 bridgehead atoms. The van der Waals surface area contributed by atoms with E-state index in [-0.39, 0.29) is 5.92 Å². The third-order valence-electron chi connectivity index (χ3n) is 3.80. The van der Waals surface area contributed by atoms with Crippen LogP contribution in [0.2, 0.25) is 0 Å². The summed E-state index contributed by atoms with van der Waals surface area (Å²) in [5.74, 6) is 1.08. The van der Waals surface area contributed by atoms with Gasteiger partial charge >= 0.3 is 5.97 Å². The Bertz CT molecular complexity index is 601. The fourth-order valence-corrected chi connectivity index (χ4v) is 2.55. The van der Waals surface area contributed by atoms with E-state index in [0.717, 1.165) is 29.9 Å². The largest absolute Gasteiger partial charge is 0.481 e. The fraction of sp³-hybridized carbons (Fsp3) is 0.235. The van der Waals surface area contributed by atoms with Crippen LogP contribution in [0.5, 0.6) is 11.5 Å². The van der Waals surface area contributed by atoms with Crippen LogP contribution >= 0.6 is 0 Å². The fourth-order valence-electron chi connectivity index (χ4n) is 2.55. The standard InChI is InChI=1S/C17H16O3/c18-17(19)14-9-13(10-14)12-5-4-8-16(11-12)20-15-6-2-1-3-7-15/h1-8,11,13-14H,9-10H2,(H,18,19)/t13-,14+. The molecule has 3 rings (SSSR count). The zero-order valence-electron chi connectivity index (χ0n) is 11.0. The molecule has 0 unspecified atom stereocenters. The molecule has 0 atom stereocenters. The van der Waals surface area contributed by atoms with Crippen molar-refractivity contribution in [2.75, 3.05) is 0 Å². The second kappa shape index (κ2) is 5.37. The lowest BCUT2D eigenvalue weighted by molar-refractivity contribution is -0.145. The second-order valence-corrected chi connectivity index (χ2v) is 5.19. The molecule has 3 heteroatoms. The van der Waals surface area contributed by atoms with Crippen LogP contribution in [0, 0.1) is 5.92 Å². The molecule has 0 heterocycles. The van der Waals surface area contributed by atoms with Crippen LogP contribution in [0.3, 0.4) is 0 Å². The van der Waals surface area contributed by atoms with Gasteiger partial charge < -0.3 is 9.84 Å². The third-order valence-corrected chi connectivity index (χ3v) is 3.80. The van der Waals surface area contributed by atoms with Crippen molar-refractivity contribution >= 4 is 5.97 Å². The van der Waals surface area contributed by atoms with E-state index in [0.29, 0.717) is 5.92 Å². The van der Waals surface area contributed by atoms with Gasteiger partial charge in [0.15, 0.2) is 0 Å². The van der Waals surface area contributed by atoms with E-state index in [1.54, 1.807) is 0 Å². The summed E-state index contributed by atoms with van der Waals surface area (Å²) in [4.78, 5) is 10.8. The summed E-state index contributed by atoms with van der Waals surface area (Å²) in [5, 5.41) is 8.92. The molecule has 102 valence electrons. The molecule has 3 nitrogen and oxygen atoms in total. The average molecular weight is 268 g/mol. The summed E-state index contributed by atoms with van der Waals surface area (Å²) in [6, 6.07) is 17.6. The average Bonchev–Trinajstić information content (AvgIpc) is 2.38. The lowest BCUT2D eigenvalue weighted by Crippen LogP contribution is -2.28. The van der Waals surface area contributed by atoms with Crippen LogP contribution in [-0.4, -0.2) is 11.1 Å². The molecule has 0 aliphatic heterocycles. The van der Waals surface area contributed by atoms with Crippen molar-refractivity contribution < 1.29 is 14.6 Å². The van der Waals surface area contributed by atoms with Gasteiger partial charge in [-0.25, -0.2) is 0 Å². The third kappa shape index (κ3) is 2.67. The van der Waals surface area contributed by atoms with Crippen LogP contribution in [0.1, 0.15) is 24.3 Å². The Morgan fingerprint density at radius 2 is 1.70 bits per heavy atom. The highest BCUT2D eigenvalue weighted by molar-refractivity contribution is 5.71. The molecule has 20 heavy (non-hydrogen) atoms. The number of ether oxygens (including phenoxy) is 1. The van der Waals surface area contributed by atoms with Crippen molar-refractivity contribution in [3.05, 3.63) is 60.2 Å². The van der Waals surface area contributed by atoms with E-state index in [2.05, 4.69) is 0 Å². The highest BCUT2D eigenvalue weighted by Crippen LogP contribution is 2.42. The first-order valence-electron chi connectivity index (χ1n) is 6.78. The van der Waals surface area contributed by atoms with Crippen molar-refractivity contribution in [1.82, 2.24) is 0 Å². The first kappa shape index (κ1) is 12.7. The van der Waals surface area contributed by atoms with Crippen molar-refractivity contribution in [3.8, 4) is 11.5 Å². The summed E-state index contributed by atoms with van der Waals surface area (Å²) in [7, 11) is 0. The van der Waals surface area contributed by atoms with Gasteiger partial charge in [0.1, 0.15) is 11.5 Å². The van der Waals surface area contributed by atoms with Gasteiger partial charge in [0.25, 0.3) is 0 Å². The molecule has 0 radical (unpaired) electrons. The Balaban J connectivity index is 1.69. The van der Waals surface area contributed by atoms with E-state index < -0.39 is 5.97 Å². The van der Waals surface area contributed by atoms with Gasteiger partial charge in [-0.1, -0.05) is 30.3 Å². The van der Waals surface area contributed by atoms with Gasteiger partial charge in [-0.3, -0.25) is 4.79 Å². The summed E-state index contributed by atoms with van der Waals surface area (Å²) < 4.78 is 5.80. The molecular weight excluding hydrogens is 252 g/mol. The number of hydrogen-bond acceptors (Lipinski definition) is 2. The smallest absolute Gasteiger partial charge is 0.306 e. The monoisotopic (exact) mass is 268 g/mol. The van der Waals surface area contributed by atoms with Gasteiger partial charge in [0, 0.05) is 0 Å². The van der Waals surface area contributed by atoms with Crippen molar-refractivity contribution in [3.63, 3.8) is 0 Å². The Kier molecular flexibility index (Phi) is 3.42. The molecule has 2 aromatic carbocycles. The second-order valence-electron chi connectivity index (χ2n) is 5.19. The first-order chi connectivity index (χ1) is 9.72. The van der Waals surface area contributed by atoms with Gasteiger partial charge in [0.05, 0.1) is 5.92 Å². The summed E-state index contributed by atoms with van der Waals surface area (Å²) in [6.45, 7) is 0. The number of aliphatic carboxylic acids is 1. The molecule has 0 saturated heterocycles. The van der Waals surface area contributed by atoms with Crippen LogP contribution < -0.4 is 4.74 Å². The molecule has 1 fully saturated rings. The van der Waals surface area contributed by atoms with Crippen LogP contribution in [0.4, 0.5) is 0 Å². The number of hydrogen-bond donors (Lipinski definition) is 1. The van der Waals surface area contributed by atoms with Gasteiger partial charge in [0.2, 0.25) is 0 Å². The SMILES string of the molecule is O=C(O)[C@H]1C[C@@H](c2cccc(Oc3ccccc3)c2)C1. The summed E-state index contributed by atoms with van der Waals surface area (Å²) in [6.07, 6.45) is 1.45. The molecule has 1 aliphatic carbocycles. The molecule has 1 N–H and O–H groups in total. The minimum Gasteiger partial charge on any atom is -0.481 e. The van der Waals surface area contributed by atoms with Crippen molar-refractivity contribution in [2.45, 2.75) is 18.8 Å². The number of benzene rings is 2. The molecule has 2 aromatic rings. The highest BCUT2D eigenvalue weighted by Gasteiger charge is 2.35. The predicted molar refractivity (Wildman–Crippen MR) is 76.1 cm³/mol. The van der Waals surface area contributed by atoms with E-state index in [4.69, 9.17) is 9.84 Å². The van der Waals surface area contributed by atoms with Gasteiger partial charge in [-0.2, -0.15) is 0 Å². The Morgan fingerprint density at radius 3 is 2.40 bits per heavy atom. The molecule has 1 saturated carbocycles. The van der Waals surface area contributed by atoms with E-state index in [1.165, 1.54) is 0 Å². The number of carbonyl (C=O) groups is 1. The maximum Gasteiger partial charge on any atom is 0.306 e. The number of rotatable bonds is 4. The number of para-hydroxylation sites is 1. The normalized spacial score (nSPS) is 21.0. The molecule has 1 aliphatic rings. The molecule has 0 amide bonds. The minimum atomic E-state index is -0.682. The first-order valence-corrected chi connectivity index (χ1v) is 6.78. The van der Waals surface area contributed by atoms with E-state index in [9.17, 15) is 4.79 Å². The van der Waals surface area contributed by atoms with E-state index in [1.807, 2.05) is 54.6 Å². The summed E-state index contributed by atoms with van der Waals surface area (Å²) >= 11 is 0. The maximum atomic E-state index is 10.8. The van der Waals surface area contributed by atoms with Crippen molar-refractivity contribution in [2.24, 2.45) is 5.92 Å². The van der Waals surface area contributed by atoms with Gasteiger partial charge in [-0.05, 0) is 48.6 Å². The lowest BCUT2D eigenvalue weighted by atomic mass is 9.71. The Labute approximate surface area is 117 Å². The van der Waals surface area contributed by atoms with Crippen molar-refractivity contribution in [1.29, 1.82) is 0 Å². The van der Waals surface area contributed by atoms with Crippen LogP contribution in [-0.2, 0) is 4.79 Å². The molecular formula is C17H16O3. The number of carboxylic acid groups (broad SMARTS) is 1. The zero-order chi connectivity index (χ0) is 13.9. The Hall–Kier alpha value is -2.29. The van der Waals surface area contributed by atoms with Crippen LogP contribution in [0.25, 0.3) is 0 Å². The maximum absolute atomic E-state index is 10.8. The van der Waals surface area contributed by atoms with E-state index >= 15 is 0 Å². The zero-order valence-corrected chi connectivity index (χ0v) is 11.0. The molecule has 0 spiro atoms. The minimum absolute atomic E-state index is 0.182. The van der Waals surface area contributed by atoms with Crippen LogP contribution in [0.15, 0.2) is 54.6 Å². The highest BCUT2D eigenvalue weighted by atomic mass is 16.5. The topological polar surface area (TPSA) is 46.5 Å². The Morgan fingerprint density at radius 1 is 1.00 bits per heavy atom. The summed E-state index contributed by atoms with van der Waals surface area (Å²) in [5.41, 5.74) is 1.16. The quantitative estimate of drug-likeness (QED) is 0.909. The number of carboxylic acids is 1. The lowest BCUT2D eigenvalue weighted by Gasteiger charge is -2.32.